The van der Waals surface area contributed by atoms with Crippen molar-refractivity contribution in [2.24, 2.45) is 35.5 Å². The molecule has 0 atom stereocenters. The second kappa shape index (κ2) is 12.9. The summed E-state index contributed by atoms with van der Waals surface area (Å²) in [5.41, 5.74) is 0. The summed E-state index contributed by atoms with van der Waals surface area (Å²) in [4.78, 5) is 0. The molecule has 4 rings (SSSR count). The Morgan fingerprint density at radius 2 is 0.567 bits per heavy atom. The van der Waals surface area contributed by atoms with Gasteiger partial charge in [0.2, 0.25) is 0 Å². The van der Waals surface area contributed by atoms with E-state index in [2.05, 4.69) is 0 Å². The van der Waals surface area contributed by atoms with Gasteiger partial charge in [-0.3, -0.25) is 0 Å². The maximum absolute atomic E-state index is 1.59. The summed E-state index contributed by atoms with van der Waals surface area (Å²) >= 11 is 0. The predicted molar refractivity (Wildman–Crippen MR) is 132 cm³/mol. The van der Waals surface area contributed by atoms with Gasteiger partial charge < -0.3 is 0 Å². The van der Waals surface area contributed by atoms with Gasteiger partial charge in [-0.05, 0) is 48.3 Å². The zero-order chi connectivity index (χ0) is 20.4. The molecular formula is C30H54. The zero-order valence-electron chi connectivity index (χ0n) is 20.4. The molecule has 0 N–H and O–H groups in total. The maximum Gasteiger partial charge on any atom is -0.0357 e. The van der Waals surface area contributed by atoms with E-state index < -0.39 is 0 Å². The summed E-state index contributed by atoms with van der Waals surface area (Å²) in [6.07, 6.45) is 37.4. The highest BCUT2D eigenvalue weighted by atomic mass is 14.4. The van der Waals surface area contributed by atoms with Crippen LogP contribution < -0.4 is 0 Å². The van der Waals surface area contributed by atoms with E-state index in [1.807, 2.05) is 0 Å². The van der Waals surface area contributed by atoms with E-state index in [-0.39, 0.29) is 0 Å². The molecule has 0 heteroatoms. The normalized spacial score (nSPS) is 26.6. The number of unbranched alkanes of at least 4 members (excludes halogenated alkanes) is 1. The van der Waals surface area contributed by atoms with Gasteiger partial charge in [-0.15, -0.1) is 0 Å². The molecule has 30 heavy (non-hydrogen) atoms. The van der Waals surface area contributed by atoms with Crippen molar-refractivity contribution in [3.8, 4) is 0 Å². The summed E-state index contributed by atoms with van der Waals surface area (Å²) in [6.45, 7) is 0. The molecule has 0 aromatic rings. The SMILES string of the molecule is C1CCC(C(CCCCC(C2CCCCC2)C2CCCCC2)C2CCCCC2)CC1. The van der Waals surface area contributed by atoms with Crippen LogP contribution in [0.5, 0.6) is 0 Å². The van der Waals surface area contributed by atoms with Crippen LogP contribution in [0.2, 0.25) is 0 Å². The highest BCUT2D eigenvalue weighted by molar-refractivity contribution is 4.84. The lowest BCUT2D eigenvalue weighted by molar-refractivity contribution is 0.119. The molecule has 0 aromatic carbocycles. The molecular weight excluding hydrogens is 360 g/mol. The third-order valence-corrected chi connectivity index (χ3v) is 10.3. The molecule has 0 nitrogen and oxygen atoms in total. The van der Waals surface area contributed by atoms with Gasteiger partial charge in [0.1, 0.15) is 0 Å². The van der Waals surface area contributed by atoms with Crippen LogP contribution in [-0.4, -0.2) is 0 Å². The minimum atomic E-state index is 1.11. The van der Waals surface area contributed by atoms with Crippen molar-refractivity contribution in [2.45, 2.75) is 154 Å². The van der Waals surface area contributed by atoms with Crippen molar-refractivity contribution in [2.75, 3.05) is 0 Å². The van der Waals surface area contributed by atoms with Crippen LogP contribution in [-0.2, 0) is 0 Å². The van der Waals surface area contributed by atoms with Crippen LogP contribution in [0.4, 0.5) is 0 Å². The van der Waals surface area contributed by atoms with Gasteiger partial charge >= 0.3 is 0 Å². The van der Waals surface area contributed by atoms with E-state index >= 15 is 0 Å². The number of hydrogen-bond donors (Lipinski definition) is 0. The zero-order valence-corrected chi connectivity index (χ0v) is 20.4. The quantitative estimate of drug-likeness (QED) is 0.329. The smallest absolute Gasteiger partial charge is 0.0357 e. The van der Waals surface area contributed by atoms with E-state index in [0.29, 0.717) is 0 Å². The fourth-order valence-corrected chi connectivity index (χ4v) is 8.72. The topological polar surface area (TPSA) is 0 Å². The lowest BCUT2D eigenvalue weighted by atomic mass is 9.66. The molecule has 4 saturated carbocycles. The Bertz CT molecular complexity index is 351. The standard InChI is InChI=1S/C30H54/c1-5-15-25(16-6-1)29(26-17-7-2-8-18-26)23-13-14-24-30(27-19-9-3-10-20-27)28-21-11-4-12-22-28/h25-30H,1-24H2. The lowest BCUT2D eigenvalue weighted by Crippen LogP contribution is -2.28. The van der Waals surface area contributed by atoms with Gasteiger partial charge in [-0.25, -0.2) is 0 Å². The first-order chi connectivity index (χ1) is 14.9. The third kappa shape index (κ3) is 6.75. The molecule has 0 heterocycles. The molecule has 0 spiro atoms. The molecule has 174 valence electrons. The highest BCUT2D eigenvalue weighted by Gasteiger charge is 2.33. The van der Waals surface area contributed by atoms with Crippen molar-refractivity contribution >= 4 is 0 Å². The molecule has 0 saturated heterocycles. The first-order valence-electron chi connectivity index (χ1n) is 14.9. The largest absolute Gasteiger partial charge is 0.0533 e. The van der Waals surface area contributed by atoms with Crippen LogP contribution >= 0.6 is 0 Å². The third-order valence-electron chi connectivity index (χ3n) is 10.3. The van der Waals surface area contributed by atoms with E-state index in [1.54, 1.807) is 128 Å². The van der Waals surface area contributed by atoms with E-state index in [0.717, 1.165) is 35.5 Å². The number of rotatable bonds is 9. The molecule has 0 unspecified atom stereocenters. The first kappa shape index (κ1) is 23.2. The van der Waals surface area contributed by atoms with Crippen LogP contribution in [0.3, 0.4) is 0 Å². The summed E-state index contributed by atoms with van der Waals surface area (Å²) in [7, 11) is 0. The Balaban J connectivity index is 1.28. The molecule has 0 radical (unpaired) electrons. The Labute approximate surface area is 189 Å². The Morgan fingerprint density at radius 1 is 0.333 bits per heavy atom. The van der Waals surface area contributed by atoms with Crippen LogP contribution in [0.15, 0.2) is 0 Å². The Morgan fingerprint density at radius 3 is 0.800 bits per heavy atom. The lowest BCUT2D eigenvalue weighted by Gasteiger charge is -2.39. The Hall–Kier alpha value is 0. The molecule has 4 fully saturated rings. The van der Waals surface area contributed by atoms with Gasteiger partial charge in [-0.2, -0.15) is 0 Å². The molecule has 0 amide bonds. The second-order valence-corrected chi connectivity index (χ2v) is 12.2. The summed E-state index contributed by atoms with van der Waals surface area (Å²) in [5, 5.41) is 0. The van der Waals surface area contributed by atoms with Gasteiger partial charge in [0.05, 0.1) is 0 Å². The van der Waals surface area contributed by atoms with Gasteiger partial charge in [0.15, 0.2) is 0 Å². The molecule has 0 aromatic heterocycles. The van der Waals surface area contributed by atoms with Crippen LogP contribution in [0, 0.1) is 35.5 Å². The fourth-order valence-electron chi connectivity index (χ4n) is 8.72. The van der Waals surface area contributed by atoms with Crippen molar-refractivity contribution in [1.29, 1.82) is 0 Å². The second-order valence-electron chi connectivity index (χ2n) is 12.2. The summed E-state index contributed by atoms with van der Waals surface area (Å²) < 4.78 is 0. The molecule has 4 aliphatic rings. The average molecular weight is 415 g/mol. The predicted octanol–water partition coefficient (Wildman–Crippen LogP) is 10.1. The molecule has 0 aliphatic heterocycles. The van der Waals surface area contributed by atoms with Crippen LogP contribution in [0.25, 0.3) is 0 Å². The molecule has 0 bridgehead atoms. The van der Waals surface area contributed by atoms with E-state index in [4.69, 9.17) is 0 Å². The number of hydrogen-bond acceptors (Lipinski definition) is 0. The minimum absolute atomic E-state index is 1.11. The molecule has 4 aliphatic carbocycles. The van der Waals surface area contributed by atoms with E-state index in [9.17, 15) is 0 Å². The van der Waals surface area contributed by atoms with Crippen molar-refractivity contribution < 1.29 is 0 Å². The van der Waals surface area contributed by atoms with Gasteiger partial charge in [0, 0.05) is 0 Å². The first-order valence-corrected chi connectivity index (χ1v) is 14.9. The van der Waals surface area contributed by atoms with Crippen molar-refractivity contribution in [3.63, 3.8) is 0 Å². The fraction of sp³-hybridized carbons (Fsp3) is 1.00. The van der Waals surface area contributed by atoms with Crippen LogP contribution in [0.1, 0.15) is 154 Å². The van der Waals surface area contributed by atoms with Crippen molar-refractivity contribution in [3.05, 3.63) is 0 Å². The highest BCUT2D eigenvalue weighted by Crippen LogP contribution is 2.44. The Kier molecular flexibility index (Phi) is 9.95. The van der Waals surface area contributed by atoms with Gasteiger partial charge in [0.25, 0.3) is 0 Å². The average Bonchev–Trinajstić information content (AvgIpc) is 2.84. The maximum atomic E-state index is 1.59. The summed E-state index contributed by atoms with van der Waals surface area (Å²) in [6, 6.07) is 0. The monoisotopic (exact) mass is 414 g/mol. The summed E-state index contributed by atoms with van der Waals surface area (Å²) in [5.74, 6) is 6.63. The minimum Gasteiger partial charge on any atom is -0.0533 e. The van der Waals surface area contributed by atoms with Gasteiger partial charge in [-0.1, -0.05) is 141 Å². The van der Waals surface area contributed by atoms with E-state index in [1.165, 1.54) is 25.7 Å². The van der Waals surface area contributed by atoms with Crippen molar-refractivity contribution in [1.82, 2.24) is 0 Å².